The lowest BCUT2D eigenvalue weighted by atomic mass is 10.6. The van der Waals surface area contributed by atoms with Crippen LogP contribution in [0, 0.1) is 0 Å². The van der Waals surface area contributed by atoms with E-state index in [1.807, 2.05) is 6.92 Å². The highest BCUT2D eigenvalue weighted by molar-refractivity contribution is 5.31. The van der Waals surface area contributed by atoms with Crippen LogP contribution >= 0.6 is 0 Å². The summed E-state index contributed by atoms with van der Waals surface area (Å²) in [6, 6.07) is 0. The van der Waals surface area contributed by atoms with Gasteiger partial charge in [0.15, 0.2) is 0 Å². The van der Waals surface area contributed by atoms with Crippen molar-refractivity contribution in [2.75, 3.05) is 14.2 Å². The Morgan fingerprint density at radius 3 is 2.64 bits per heavy atom. The van der Waals surface area contributed by atoms with Crippen LogP contribution in [-0.4, -0.2) is 24.0 Å². The van der Waals surface area contributed by atoms with E-state index >= 15 is 0 Å². The van der Waals surface area contributed by atoms with Gasteiger partial charge >= 0.3 is 0 Å². The van der Waals surface area contributed by atoms with Gasteiger partial charge in [-0.25, -0.2) is 4.68 Å². The molecule has 1 rings (SSSR count). The zero-order valence-corrected chi connectivity index (χ0v) is 7.00. The van der Waals surface area contributed by atoms with Crippen LogP contribution < -0.4 is 9.47 Å². The van der Waals surface area contributed by atoms with E-state index in [1.54, 1.807) is 25.1 Å². The average Bonchev–Trinajstić information content (AvgIpc) is 2.45. The molecule has 0 aliphatic heterocycles. The van der Waals surface area contributed by atoms with Crippen LogP contribution in [0.4, 0.5) is 0 Å². The molecule has 0 unspecified atom stereocenters. The summed E-state index contributed by atoms with van der Waals surface area (Å²) >= 11 is 0. The highest BCUT2D eigenvalue weighted by Gasteiger charge is 2.08. The number of ether oxygens (including phenoxy) is 2. The van der Waals surface area contributed by atoms with Gasteiger partial charge in [-0.1, -0.05) is 0 Å². The smallest absolute Gasteiger partial charge is 0.255 e. The maximum absolute atomic E-state index is 5.07. The molecule has 0 bridgehead atoms. The Balaban J connectivity index is 2.99. The molecular formula is C7H12N2O2. The molecule has 4 nitrogen and oxygen atoms in total. The summed E-state index contributed by atoms with van der Waals surface area (Å²) in [5.74, 6) is 1.35. The van der Waals surface area contributed by atoms with Crippen LogP contribution in [0.1, 0.15) is 6.92 Å². The molecule has 0 atom stereocenters. The molecule has 0 radical (unpaired) electrons. The number of nitrogens with zero attached hydrogens (tertiary/aromatic N) is 2. The third-order valence-electron chi connectivity index (χ3n) is 1.47. The van der Waals surface area contributed by atoms with Crippen LogP contribution in [0.3, 0.4) is 0 Å². The molecule has 1 heterocycles. The lowest BCUT2D eigenvalue weighted by molar-refractivity contribution is 0.328. The van der Waals surface area contributed by atoms with E-state index in [0.29, 0.717) is 11.6 Å². The van der Waals surface area contributed by atoms with E-state index < -0.39 is 0 Å². The quantitative estimate of drug-likeness (QED) is 0.653. The molecule has 0 fully saturated rings. The number of methoxy groups -OCH3 is 2. The summed E-state index contributed by atoms with van der Waals surface area (Å²) in [5, 5.41) is 4.04. The Kier molecular flexibility index (Phi) is 2.36. The van der Waals surface area contributed by atoms with Gasteiger partial charge < -0.3 is 9.47 Å². The fourth-order valence-electron chi connectivity index (χ4n) is 0.928. The zero-order chi connectivity index (χ0) is 8.27. The normalized spacial score (nSPS) is 9.73. The fourth-order valence-corrected chi connectivity index (χ4v) is 0.928. The summed E-state index contributed by atoms with van der Waals surface area (Å²) in [4.78, 5) is 0. The molecule has 4 heteroatoms. The maximum atomic E-state index is 5.07. The third kappa shape index (κ3) is 1.29. The molecule has 1 aromatic rings. The van der Waals surface area contributed by atoms with Crippen molar-refractivity contribution in [2.45, 2.75) is 13.5 Å². The van der Waals surface area contributed by atoms with Crippen LogP contribution in [0.25, 0.3) is 0 Å². The van der Waals surface area contributed by atoms with Crippen molar-refractivity contribution in [2.24, 2.45) is 0 Å². The lowest BCUT2D eigenvalue weighted by Crippen LogP contribution is -2.00. The van der Waals surface area contributed by atoms with Crippen molar-refractivity contribution >= 4 is 0 Å². The highest BCUT2D eigenvalue weighted by Crippen LogP contribution is 2.25. The molecule has 0 saturated heterocycles. The Morgan fingerprint density at radius 1 is 1.45 bits per heavy atom. The van der Waals surface area contributed by atoms with Gasteiger partial charge in [0.05, 0.1) is 20.4 Å². The summed E-state index contributed by atoms with van der Waals surface area (Å²) < 4.78 is 11.8. The van der Waals surface area contributed by atoms with Gasteiger partial charge in [0.25, 0.3) is 5.88 Å². The monoisotopic (exact) mass is 156 g/mol. The summed E-state index contributed by atoms with van der Waals surface area (Å²) in [7, 11) is 3.20. The first-order chi connectivity index (χ1) is 5.33. The highest BCUT2D eigenvalue weighted by atomic mass is 16.5. The van der Waals surface area contributed by atoms with Crippen LogP contribution in [0.2, 0.25) is 0 Å². The number of rotatable bonds is 3. The molecule has 62 valence electrons. The minimum Gasteiger partial charge on any atom is -0.490 e. The van der Waals surface area contributed by atoms with Crippen LogP contribution in [-0.2, 0) is 6.54 Å². The van der Waals surface area contributed by atoms with E-state index in [9.17, 15) is 0 Å². The average molecular weight is 156 g/mol. The van der Waals surface area contributed by atoms with Gasteiger partial charge in [-0.05, 0) is 6.92 Å². The van der Waals surface area contributed by atoms with Gasteiger partial charge in [-0.2, -0.15) is 5.10 Å². The van der Waals surface area contributed by atoms with Crippen molar-refractivity contribution in [1.82, 2.24) is 9.78 Å². The van der Waals surface area contributed by atoms with Gasteiger partial charge in [0.2, 0.25) is 5.75 Å². The second-order valence-corrected chi connectivity index (χ2v) is 2.04. The minimum atomic E-state index is 0.675. The van der Waals surface area contributed by atoms with E-state index in [2.05, 4.69) is 5.10 Å². The molecule has 0 aromatic carbocycles. The fraction of sp³-hybridized carbons (Fsp3) is 0.571. The first-order valence-electron chi connectivity index (χ1n) is 3.47. The van der Waals surface area contributed by atoms with E-state index in [-0.39, 0.29) is 0 Å². The number of hydrogen-bond donors (Lipinski definition) is 0. The van der Waals surface area contributed by atoms with Crippen LogP contribution in [0.5, 0.6) is 11.6 Å². The largest absolute Gasteiger partial charge is 0.490 e. The SMILES string of the molecule is CCn1ncc(OC)c1OC. The van der Waals surface area contributed by atoms with E-state index in [4.69, 9.17) is 9.47 Å². The Hall–Kier alpha value is -1.19. The van der Waals surface area contributed by atoms with Gasteiger partial charge in [0, 0.05) is 6.54 Å². The summed E-state index contributed by atoms with van der Waals surface area (Å²) in [5.41, 5.74) is 0. The predicted molar refractivity (Wildman–Crippen MR) is 41.0 cm³/mol. The molecule has 0 spiro atoms. The molecule has 0 N–H and O–H groups in total. The first kappa shape index (κ1) is 7.91. The minimum absolute atomic E-state index is 0.675. The van der Waals surface area contributed by atoms with Crippen molar-refractivity contribution < 1.29 is 9.47 Å². The van der Waals surface area contributed by atoms with Crippen LogP contribution in [0.15, 0.2) is 6.20 Å². The third-order valence-corrected chi connectivity index (χ3v) is 1.47. The van der Waals surface area contributed by atoms with Crippen molar-refractivity contribution in [3.8, 4) is 11.6 Å². The van der Waals surface area contributed by atoms with E-state index in [1.165, 1.54) is 0 Å². The summed E-state index contributed by atoms with van der Waals surface area (Å²) in [6.07, 6.45) is 1.64. The zero-order valence-electron chi connectivity index (χ0n) is 7.00. The number of aromatic nitrogens is 2. The standard InChI is InChI=1S/C7H12N2O2/c1-4-9-7(11-3)6(10-2)5-8-9/h5H,4H2,1-3H3. The molecule has 1 aromatic heterocycles. The summed E-state index contributed by atoms with van der Waals surface area (Å²) in [6.45, 7) is 2.78. The Bertz CT molecular complexity index is 211. The Labute approximate surface area is 65.7 Å². The number of hydrogen-bond acceptors (Lipinski definition) is 3. The first-order valence-corrected chi connectivity index (χ1v) is 3.47. The maximum Gasteiger partial charge on any atom is 0.255 e. The van der Waals surface area contributed by atoms with Crippen molar-refractivity contribution in [1.29, 1.82) is 0 Å². The molecule has 0 aliphatic carbocycles. The number of aryl methyl sites for hydroxylation is 1. The van der Waals surface area contributed by atoms with Crippen molar-refractivity contribution in [3.63, 3.8) is 0 Å². The molecule has 0 amide bonds. The molecule has 0 aliphatic rings. The van der Waals surface area contributed by atoms with Gasteiger partial charge in [0.1, 0.15) is 0 Å². The van der Waals surface area contributed by atoms with E-state index in [0.717, 1.165) is 6.54 Å². The molecule has 0 saturated carbocycles. The van der Waals surface area contributed by atoms with Gasteiger partial charge in [-0.3, -0.25) is 0 Å². The predicted octanol–water partition coefficient (Wildman–Crippen LogP) is 0.920. The lowest BCUT2D eigenvalue weighted by Gasteiger charge is -2.03. The molecule has 11 heavy (non-hydrogen) atoms. The van der Waals surface area contributed by atoms with Gasteiger partial charge in [-0.15, -0.1) is 0 Å². The second-order valence-electron chi connectivity index (χ2n) is 2.04. The Morgan fingerprint density at radius 2 is 2.18 bits per heavy atom. The topological polar surface area (TPSA) is 36.3 Å². The molecular weight excluding hydrogens is 144 g/mol. The van der Waals surface area contributed by atoms with Crippen molar-refractivity contribution in [3.05, 3.63) is 6.20 Å². The second kappa shape index (κ2) is 3.27.